The molecule has 0 spiro atoms. The van der Waals surface area contributed by atoms with Gasteiger partial charge in [-0.2, -0.15) is 5.26 Å². The summed E-state index contributed by atoms with van der Waals surface area (Å²) in [6.07, 6.45) is 2.83. The van der Waals surface area contributed by atoms with E-state index in [4.69, 9.17) is 9.47 Å². The number of methoxy groups -OCH3 is 1. The summed E-state index contributed by atoms with van der Waals surface area (Å²) in [6, 6.07) is 17.5. The van der Waals surface area contributed by atoms with E-state index in [0.717, 1.165) is 29.0 Å². The van der Waals surface area contributed by atoms with Crippen LogP contribution in [0.3, 0.4) is 0 Å². The lowest BCUT2D eigenvalue weighted by Gasteiger charge is -2.06. The third-order valence-corrected chi connectivity index (χ3v) is 3.16. The molecule has 112 valence electrons. The molecule has 0 unspecified atom stereocenters. The van der Waals surface area contributed by atoms with E-state index in [9.17, 15) is 5.26 Å². The highest BCUT2D eigenvalue weighted by Gasteiger charge is 2.02. The number of rotatable bonds is 6. The zero-order valence-electron chi connectivity index (χ0n) is 12.9. The van der Waals surface area contributed by atoms with Crippen molar-refractivity contribution in [1.82, 2.24) is 0 Å². The van der Waals surface area contributed by atoms with Gasteiger partial charge in [0, 0.05) is 0 Å². The van der Waals surface area contributed by atoms with Crippen molar-refractivity contribution in [2.45, 2.75) is 13.3 Å². The molecule has 3 heteroatoms. The molecule has 0 N–H and O–H groups in total. The van der Waals surface area contributed by atoms with E-state index in [1.165, 1.54) is 0 Å². The predicted molar refractivity (Wildman–Crippen MR) is 88.7 cm³/mol. The van der Waals surface area contributed by atoms with E-state index >= 15 is 0 Å². The van der Waals surface area contributed by atoms with E-state index in [1.807, 2.05) is 54.6 Å². The summed E-state index contributed by atoms with van der Waals surface area (Å²) in [4.78, 5) is 0. The standard InChI is InChI=1S/C19H19NO2/c1-3-11-22-19-6-4-5-15(13-19)12-17(14-20)16-7-9-18(21-2)10-8-16/h4-10,12-13H,3,11H2,1-2H3/b17-12+. The molecular weight excluding hydrogens is 274 g/mol. The second-order valence-corrected chi connectivity index (χ2v) is 4.82. The first-order valence-corrected chi connectivity index (χ1v) is 7.26. The van der Waals surface area contributed by atoms with Crippen LogP contribution in [-0.4, -0.2) is 13.7 Å². The minimum atomic E-state index is 0.607. The van der Waals surface area contributed by atoms with Crippen LogP contribution in [0.15, 0.2) is 48.5 Å². The van der Waals surface area contributed by atoms with Gasteiger partial charge in [0.25, 0.3) is 0 Å². The molecule has 22 heavy (non-hydrogen) atoms. The second-order valence-electron chi connectivity index (χ2n) is 4.82. The molecule has 0 aromatic heterocycles. The Kier molecular flexibility index (Phi) is 5.62. The summed E-state index contributed by atoms with van der Waals surface area (Å²) in [7, 11) is 1.62. The maximum Gasteiger partial charge on any atom is 0.119 e. The SMILES string of the molecule is CCCOc1cccc(/C=C(\C#N)c2ccc(OC)cc2)c1. The van der Waals surface area contributed by atoms with Crippen LogP contribution in [-0.2, 0) is 0 Å². The molecule has 0 amide bonds. The number of allylic oxidation sites excluding steroid dienone is 1. The fraction of sp³-hybridized carbons (Fsp3) is 0.211. The lowest BCUT2D eigenvalue weighted by atomic mass is 10.0. The molecule has 0 heterocycles. The summed E-state index contributed by atoms with van der Waals surface area (Å²) in [6.45, 7) is 2.76. The van der Waals surface area contributed by atoms with E-state index in [-0.39, 0.29) is 0 Å². The lowest BCUT2D eigenvalue weighted by molar-refractivity contribution is 0.317. The molecular formula is C19H19NO2. The van der Waals surface area contributed by atoms with Crippen molar-refractivity contribution < 1.29 is 9.47 Å². The molecule has 2 rings (SSSR count). The van der Waals surface area contributed by atoms with E-state index in [2.05, 4.69) is 13.0 Å². The fourth-order valence-electron chi connectivity index (χ4n) is 2.03. The van der Waals surface area contributed by atoms with Gasteiger partial charge < -0.3 is 9.47 Å². The Morgan fingerprint density at radius 3 is 2.55 bits per heavy atom. The number of hydrogen-bond donors (Lipinski definition) is 0. The average Bonchev–Trinajstić information content (AvgIpc) is 2.58. The molecule has 0 saturated heterocycles. The third-order valence-electron chi connectivity index (χ3n) is 3.16. The second kappa shape index (κ2) is 7.90. The molecule has 0 aliphatic carbocycles. The maximum absolute atomic E-state index is 9.40. The topological polar surface area (TPSA) is 42.2 Å². The van der Waals surface area contributed by atoms with Gasteiger partial charge in [-0.25, -0.2) is 0 Å². The third kappa shape index (κ3) is 4.13. The first-order valence-electron chi connectivity index (χ1n) is 7.26. The van der Waals surface area contributed by atoms with E-state index < -0.39 is 0 Å². The summed E-state index contributed by atoms with van der Waals surface area (Å²) in [5, 5.41) is 9.40. The number of benzene rings is 2. The first-order chi connectivity index (χ1) is 10.8. The Morgan fingerprint density at radius 1 is 1.14 bits per heavy atom. The summed E-state index contributed by atoms with van der Waals surface area (Å²) >= 11 is 0. The predicted octanol–water partition coefficient (Wildman–Crippen LogP) is 4.55. The van der Waals surface area contributed by atoms with E-state index in [1.54, 1.807) is 7.11 Å². The molecule has 0 aliphatic rings. The lowest BCUT2D eigenvalue weighted by Crippen LogP contribution is -1.94. The van der Waals surface area contributed by atoms with Crippen molar-refractivity contribution in [1.29, 1.82) is 5.26 Å². The Morgan fingerprint density at radius 2 is 1.91 bits per heavy atom. The maximum atomic E-state index is 9.40. The Bertz CT molecular complexity index is 681. The van der Waals surface area contributed by atoms with Gasteiger partial charge in [-0.15, -0.1) is 0 Å². The first kappa shape index (κ1) is 15.7. The number of hydrogen-bond acceptors (Lipinski definition) is 3. The normalized spacial score (nSPS) is 10.9. The highest BCUT2D eigenvalue weighted by Crippen LogP contribution is 2.22. The molecule has 0 bridgehead atoms. The molecule has 0 saturated carbocycles. The number of ether oxygens (including phenoxy) is 2. The minimum Gasteiger partial charge on any atom is -0.497 e. The fourth-order valence-corrected chi connectivity index (χ4v) is 2.03. The molecule has 0 radical (unpaired) electrons. The molecule has 0 atom stereocenters. The number of nitrogens with zero attached hydrogens (tertiary/aromatic N) is 1. The van der Waals surface area contributed by atoms with Crippen LogP contribution in [0.4, 0.5) is 0 Å². The van der Waals surface area contributed by atoms with Crippen LogP contribution in [0.25, 0.3) is 11.6 Å². The number of nitriles is 1. The van der Waals surface area contributed by atoms with Gasteiger partial charge >= 0.3 is 0 Å². The monoisotopic (exact) mass is 293 g/mol. The summed E-state index contributed by atoms with van der Waals surface area (Å²) in [5.41, 5.74) is 2.42. The van der Waals surface area contributed by atoms with Crippen LogP contribution in [0.2, 0.25) is 0 Å². The largest absolute Gasteiger partial charge is 0.497 e. The Balaban J connectivity index is 2.26. The van der Waals surface area contributed by atoms with Crippen molar-refractivity contribution in [3.05, 3.63) is 59.7 Å². The molecule has 2 aromatic rings. The highest BCUT2D eigenvalue weighted by atomic mass is 16.5. The van der Waals surface area contributed by atoms with Crippen LogP contribution in [0, 0.1) is 11.3 Å². The summed E-state index contributed by atoms with van der Waals surface area (Å²) in [5.74, 6) is 1.60. The smallest absolute Gasteiger partial charge is 0.119 e. The van der Waals surface area contributed by atoms with Gasteiger partial charge in [0.05, 0.1) is 25.4 Å². The highest BCUT2D eigenvalue weighted by molar-refractivity contribution is 5.89. The van der Waals surface area contributed by atoms with Gasteiger partial charge in [0.1, 0.15) is 11.5 Å². The average molecular weight is 293 g/mol. The molecule has 3 nitrogen and oxygen atoms in total. The van der Waals surface area contributed by atoms with Gasteiger partial charge in [-0.05, 0) is 60.0 Å². The quantitative estimate of drug-likeness (QED) is 0.579. The van der Waals surface area contributed by atoms with Gasteiger partial charge in [0.2, 0.25) is 0 Å². The van der Waals surface area contributed by atoms with E-state index in [0.29, 0.717) is 12.2 Å². The summed E-state index contributed by atoms with van der Waals surface area (Å²) < 4.78 is 10.8. The van der Waals surface area contributed by atoms with Crippen LogP contribution in [0.5, 0.6) is 11.5 Å². The van der Waals surface area contributed by atoms with Crippen molar-refractivity contribution >= 4 is 11.6 Å². The van der Waals surface area contributed by atoms with Gasteiger partial charge in [0.15, 0.2) is 0 Å². The van der Waals surface area contributed by atoms with Crippen LogP contribution in [0.1, 0.15) is 24.5 Å². The molecule has 0 aliphatic heterocycles. The van der Waals surface area contributed by atoms with Crippen molar-refractivity contribution in [3.8, 4) is 17.6 Å². The van der Waals surface area contributed by atoms with Gasteiger partial charge in [-0.3, -0.25) is 0 Å². The zero-order valence-corrected chi connectivity index (χ0v) is 12.9. The van der Waals surface area contributed by atoms with Gasteiger partial charge in [-0.1, -0.05) is 19.1 Å². The Hall–Kier alpha value is -2.73. The molecule has 2 aromatic carbocycles. The van der Waals surface area contributed by atoms with Crippen molar-refractivity contribution in [2.75, 3.05) is 13.7 Å². The van der Waals surface area contributed by atoms with Crippen molar-refractivity contribution in [3.63, 3.8) is 0 Å². The van der Waals surface area contributed by atoms with Crippen LogP contribution >= 0.6 is 0 Å². The minimum absolute atomic E-state index is 0.607. The van der Waals surface area contributed by atoms with Crippen LogP contribution < -0.4 is 9.47 Å². The molecule has 0 fully saturated rings. The van der Waals surface area contributed by atoms with Crippen molar-refractivity contribution in [2.24, 2.45) is 0 Å². The Labute approximate surface area is 131 Å². The zero-order chi connectivity index (χ0) is 15.8.